The molecule has 7 heteroatoms. The van der Waals surface area contributed by atoms with E-state index in [9.17, 15) is 9.59 Å². The number of carbonyl (C=O) groups is 1. The molecule has 0 bridgehead atoms. The molecule has 1 aliphatic carbocycles. The van der Waals surface area contributed by atoms with Crippen LogP contribution in [0.2, 0.25) is 0 Å². The second-order valence-corrected chi connectivity index (χ2v) is 7.06. The van der Waals surface area contributed by atoms with Gasteiger partial charge in [-0.3, -0.25) is 9.59 Å². The predicted molar refractivity (Wildman–Crippen MR) is 84.3 cm³/mol. The average molecular weight is 318 g/mol. The number of hydrogen-bond donors (Lipinski definition) is 2. The van der Waals surface area contributed by atoms with Crippen molar-refractivity contribution in [3.05, 3.63) is 43.5 Å². The summed E-state index contributed by atoms with van der Waals surface area (Å²) in [4.78, 5) is 36.7. The molecule has 116 valence electrons. The molecular weight excluding hydrogens is 300 g/mol. The van der Waals surface area contributed by atoms with E-state index in [1.54, 1.807) is 11.3 Å². The van der Waals surface area contributed by atoms with Crippen molar-refractivity contribution in [1.29, 1.82) is 0 Å². The van der Waals surface area contributed by atoms with E-state index in [1.807, 2.05) is 20.8 Å². The normalized spacial score (nSPS) is 15.6. The molecule has 6 nitrogen and oxygen atoms in total. The Labute approximate surface area is 132 Å². The van der Waals surface area contributed by atoms with Gasteiger partial charge >= 0.3 is 0 Å². The molecule has 2 aromatic rings. The minimum absolute atomic E-state index is 0.0425. The maximum absolute atomic E-state index is 12.3. The molecule has 2 heterocycles. The van der Waals surface area contributed by atoms with Crippen molar-refractivity contribution in [3.63, 3.8) is 0 Å². The summed E-state index contributed by atoms with van der Waals surface area (Å²) < 4.78 is 0. The van der Waals surface area contributed by atoms with E-state index >= 15 is 0 Å². The van der Waals surface area contributed by atoms with Crippen molar-refractivity contribution >= 4 is 17.2 Å². The minimum Gasteiger partial charge on any atom is -0.344 e. The molecule has 1 aliphatic rings. The van der Waals surface area contributed by atoms with Crippen molar-refractivity contribution in [3.8, 4) is 0 Å². The fourth-order valence-corrected chi connectivity index (χ4v) is 3.34. The summed E-state index contributed by atoms with van der Waals surface area (Å²) >= 11 is 1.59. The summed E-state index contributed by atoms with van der Waals surface area (Å²) in [6, 6.07) is -0.250. The van der Waals surface area contributed by atoms with Crippen LogP contribution in [0.15, 0.2) is 11.0 Å². The molecular formula is C15H18N4O2S. The molecule has 1 saturated carbocycles. The Morgan fingerprint density at radius 1 is 1.45 bits per heavy atom. The number of nitrogens with one attached hydrogen (secondary N) is 2. The van der Waals surface area contributed by atoms with Crippen LogP contribution in [0.3, 0.4) is 0 Å². The molecule has 0 radical (unpaired) electrons. The smallest absolute Gasteiger partial charge is 0.263 e. The number of carbonyl (C=O) groups excluding carboxylic acids is 1. The van der Waals surface area contributed by atoms with Crippen LogP contribution in [-0.2, 0) is 0 Å². The van der Waals surface area contributed by atoms with Gasteiger partial charge in [-0.2, -0.15) is 0 Å². The molecule has 22 heavy (non-hydrogen) atoms. The lowest BCUT2D eigenvalue weighted by atomic mass is 10.2. The van der Waals surface area contributed by atoms with Gasteiger partial charge in [-0.15, -0.1) is 11.3 Å². The summed E-state index contributed by atoms with van der Waals surface area (Å²) in [6.45, 7) is 5.77. The molecule has 0 spiro atoms. The lowest BCUT2D eigenvalue weighted by Gasteiger charge is -2.12. The summed E-state index contributed by atoms with van der Waals surface area (Å²) in [5.41, 5.74) is 0.503. The fraction of sp³-hybridized carbons (Fsp3) is 0.467. The second kappa shape index (κ2) is 5.64. The topological polar surface area (TPSA) is 87.7 Å². The van der Waals surface area contributed by atoms with Gasteiger partial charge in [-0.05, 0) is 33.6 Å². The lowest BCUT2D eigenvalue weighted by Crippen LogP contribution is -2.32. The third-order valence-electron chi connectivity index (χ3n) is 3.72. The van der Waals surface area contributed by atoms with E-state index in [1.165, 1.54) is 6.20 Å². The van der Waals surface area contributed by atoms with E-state index in [-0.39, 0.29) is 17.2 Å². The van der Waals surface area contributed by atoms with E-state index < -0.39 is 5.91 Å². The first-order valence-electron chi connectivity index (χ1n) is 7.29. The minimum atomic E-state index is -0.423. The maximum Gasteiger partial charge on any atom is 0.263 e. The van der Waals surface area contributed by atoms with Crippen molar-refractivity contribution in [1.82, 2.24) is 20.3 Å². The highest BCUT2D eigenvalue weighted by molar-refractivity contribution is 7.11. The number of thiazole rings is 1. The Morgan fingerprint density at radius 2 is 2.18 bits per heavy atom. The number of aromatic amines is 1. The highest BCUT2D eigenvalue weighted by Gasteiger charge is 2.27. The lowest BCUT2D eigenvalue weighted by molar-refractivity contribution is 0.0937. The number of rotatable bonds is 4. The molecule has 0 saturated heterocycles. The predicted octanol–water partition coefficient (Wildman–Crippen LogP) is 2.21. The van der Waals surface area contributed by atoms with Crippen molar-refractivity contribution in [2.75, 3.05) is 0 Å². The molecule has 0 aromatic carbocycles. The van der Waals surface area contributed by atoms with Gasteiger partial charge in [0.25, 0.3) is 11.5 Å². The zero-order valence-electron chi connectivity index (χ0n) is 12.8. The van der Waals surface area contributed by atoms with Gasteiger partial charge in [-0.1, -0.05) is 0 Å². The number of amides is 1. The summed E-state index contributed by atoms with van der Waals surface area (Å²) in [7, 11) is 0. The van der Waals surface area contributed by atoms with Gasteiger partial charge in [0.2, 0.25) is 0 Å². The van der Waals surface area contributed by atoms with Crippen LogP contribution in [0.25, 0.3) is 0 Å². The summed E-state index contributed by atoms with van der Waals surface area (Å²) in [6.07, 6.45) is 3.47. The molecule has 1 amide bonds. The van der Waals surface area contributed by atoms with Gasteiger partial charge in [0.15, 0.2) is 0 Å². The van der Waals surface area contributed by atoms with E-state index in [0.717, 1.165) is 28.4 Å². The zero-order chi connectivity index (χ0) is 15.9. The van der Waals surface area contributed by atoms with Crippen molar-refractivity contribution < 1.29 is 4.79 Å². The van der Waals surface area contributed by atoms with Gasteiger partial charge in [0, 0.05) is 17.0 Å². The zero-order valence-corrected chi connectivity index (χ0v) is 13.6. The molecule has 3 rings (SSSR count). The Morgan fingerprint density at radius 3 is 2.73 bits per heavy atom. The molecule has 0 unspecified atom stereocenters. The maximum atomic E-state index is 12.3. The summed E-state index contributed by atoms with van der Waals surface area (Å²) in [5, 5.41) is 3.78. The van der Waals surface area contributed by atoms with Crippen LogP contribution in [0.5, 0.6) is 0 Å². The fourth-order valence-electron chi connectivity index (χ4n) is 2.42. The number of H-pyrrole nitrogens is 1. The number of aryl methyl sites for hydroxylation is 2. The van der Waals surface area contributed by atoms with Crippen LogP contribution in [0, 0.1) is 13.8 Å². The van der Waals surface area contributed by atoms with Gasteiger partial charge in [0.1, 0.15) is 11.4 Å². The molecule has 0 aliphatic heterocycles. The van der Waals surface area contributed by atoms with E-state index in [0.29, 0.717) is 11.7 Å². The van der Waals surface area contributed by atoms with Crippen LogP contribution in [0.1, 0.15) is 63.5 Å². The van der Waals surface area contributed by atoms with Crippen LogP contribution >= 0.6 is 11.3 Å². The third kappa shape index (κ3) is 2.94. The first kappa shape index (κ1) is 14.9. The van der Waals surface area contributed by atoms with Gasteiger partial charge in [-0.25, -0.2) is 9.97 Å². The van der Waals surface area contributed by atoms with Crippen LogP contribution in [0.4, 0.5) is 0 Å². The molecule has 2 N–H and O–H groups in total. The SMILES string of the molecule is Cc1nc([C@@H](C)NC(=O)c2cnc(C3CC3)[nH]c2=O)c(C)s1. The Kier molecular flexibility index (Phi) is 3.82. The average Bonchev–Trinajstić information content (AvgIpc) is 3.23. The number of hydrogen-bond acceptors (Lipinski definition) is 5. The second-order valence-electron chi connectivity index (χ2n) is 5.65. The number of aromatic nitrogens is 3. The van der Waals surface area contributed by atoms with E-state index in [2.05, 4.69) is 20.3 Å². The first-order valence-corrected chi connectivity index (χ1v) is 8.11. The highest BCUT2D eigenvalue weighted by atomic mass is 32.1. The van der Waals surface area contributed by atoms with Crippen molar-refractivity contribution in [2.24, 2.45) is 0 Å². The Balaban J connectivity index is 1.76. The van der Waals surface area contributed by atoms with Crippen molar-refractivity contribution in [2.45, 2.75) is 45.6 Å². The highest BCUT2D eigenvalue weighted by Crippen LogP contribution is 2.37. The number of nitrogens with zero attached hydrogens (tertiary/aromatic N) is 2. The molecule has 1 fully saturated rings. The quantitative estimate of drug-likeness (QED) is 0.904. The monoisotopic (exact) mass is 318 g/mol. The van der Waals surface area contributed by atoms with E-state index in [4.69, 9.17) is 0 Å². The van der Waals surface area contributed by atoms with Crippen LogP contribution in [-0.4, -0.2) is 20.9 Å². The Bertz CT molecular complexity index is 776. The third-order valence-corrected chi connectivity index (χ3v) is 4.63. The van der Waals surface area contributed by atoms with Gasteiger partial charge in [0.05, 0.1) is 16.7 Å². The largest absolute Gasteiger partial charge is 0.344 e. The van der Waals surface area contributed by atoms with Crippen LogP contribution < -0.4 is 10.9 Å². The molecule has 2 aromatic heterocycles. The Hall–Kier alpha value is -2.02. The summed E-state index contributed by atoms with van der Waals surface area (Å²) in [5.74, 6) is 0.610. The first-order chi connectivity index (χ1) is 10.5. The standard InChI is InChI=1S/C15H18N4O2S/c1-7(12-8(2)22-9(3)18-12)17-14(20)11-6-16-13(10-4-5-10)19-15(11)21/h6-7,10H,4-5H2,1-3H3,(H,17,20)(H,16,19,21)/t7-/m1/s1. The molecule has 1 atom stereocenters. The van der Waals surface area contributed by atoms with Gasteiger partial charge < -0.3 is 10.3 Å².